The summed E-state index contributed by atoms with van der Waals surface area (Å²) in [5, 5.41) is 0.737. The van der Waals surface area contributed by atoms with E-state index >= 15 is 0 Å². The molecule has 1 aliphatic heterocycles. The normalized spacial score (nSPS) is 13.6. The first kappa shape index (κ1) is 35.8. The molecule has 8 nitrogen and oxygen atoms in total. The number of rotatable bonds is 15. The molecule has 0 atom stereocenters. The van der Waals surface area contributed by atoms with Crippen LogP contribution in [0.15, 0.2) is 110 Å². The smallest absolute Gasteiger partial charge is 0.219 e. The zero-order valence-corrected chi connectivity index (χ0v) is 29.9. The van der Waals surface area contributed by atoms with Crippen LogP contribution in [-0.2, 0) is 35.7 Å². The Labute approximate surface area is 305 Å². The van der Waals surface area contributed by atoms with Gasteiger partial charge >= 0.3 is 0 Å². The van der Waals surface area contributed by atoms with Crippen molar-refractivity contribution in [2.24, 2.45) is 0 Å². The van der Waals surface area contributed by atoms with Crippen LogP contribution in [0.4, 0.5) is 0 Å². The van der Waals surface area contributed by atoms with Gasteiger partial charge in [0.15, 0.2) is 0 Å². The molecule has 2 aromatic heterocycles. The topological polar surface area (TPSA) is 77.0 Å². The Morgan fingerprint density at radius 2 is 1.47 bits per heavy atom. The highest BCUT2D eigenvalue weighted by Gasteiger charge is 2.21. The van der Waals surface area contributed by atoms with Gasteiger partial charge in [-0.1, -0.05) is 48.0 Å². The third-order valence-electron chi connectivity index (χ3n) is 8.91. The van der Waals surface area contributed by atoms with Crippen molar-refractivity contribution in [1.82, 2.24) is 19.8 Å². The standard InChI is InChI=1S/C42H43ClN4O4/c1-31-25-37(26-32(2)42(31)51-41-12-11-39(27-45-41)50-30-36-13-17-44-18-14-36)40(15-23-48)47-21-19-46(20-22-47)28-34-5-3-33(4-6-34)16-24-49-29-35-7-9-38(43)10-8-35/h3-15,17-18,23,25-27H,16,19-22,24,28-30H2,1-2H3/b40-15-. The molecule has 0 aliphatic carbocycles. The lowest BCUT2D eigenvalue weighted by Gasteiger charge is -2.37. The van der Waals surface area contributed by atoms with Crippen molar-refractivity contribution < 1.29 is 19.0 Å². The van der Waals surface area contributed by atoms with Crippen LogP contribution >= 0.6 is 11.6 Å². The maximum absolute atomic E-state index is 11.8. The summed E-state index contributed by atoms with van der Waals surface area (Å²) in [6.07, 6.45) is 8.58. The molecule has 1 fully saturated rings. The summed E-state index contributed by atoms with van der Waals surface area (Å²) < 4.78 is 17.9. The zero-order chi connectivity index (χ0) is 35.4. The maximum Gasteiger partial charge on any atom is 0.219 e. The number of halogens is 1. The van der Waals surface area contributed by atoms with Crippen molar-refractivity contribution in [3.05, 3.63) is 154 Å². The van der Waals surface area contributed by atoms with Crippen LogP contribution in [0.5, 0.6) is 17.4 Å². The van der Waals surface area contributed by atoms with E-state index in [1.54, 1.807) is 30.7 Å². The predicted molar refractivity (Wildman–Crippen MR) is 201 cm³/mol. The lowest BCUT2D eigenvalue weighted by Crippen LogP contribution is -2.45. The Morgan fingerprint density at radius 3 is 2.14 bits per heavy atom. The molecule has 0 N–H and O–H groups in total. The molecule has 1 aliphatic rings. The van der Waals surface area contributed by atoms with Gasteiger partial charge < -0.3 is 19.1 Å². The van der Waals surface area contributed by atoms with E-state index in [-0.39, 0.29) is 0 Å². The number of benzene rings is 3. The van der Waals surface area contributed by atoms with E-state index in [0.717, 1.165) is 89.7 Å². The highest BCUT2D eigenvalue weighted by molar-refractivity contribution is 6.30. The van der Waals surface area contributed by atoms with Gasteiger partial charge in [-0.25, -0.2) is 4.98 Å². The van der Waals surface area contributed by atoms with Crippen molar-refractivity contribution in [2.75, 3.05) is 32.8 Å². The molecule has 0 unspecified atom stereocenters. The number of aromatic nitrogens is 2. The van der Waals surface area contributed by atoms with Gasteiger partial charge in [-0.3, -0.25) is 14.7 Å². The fraction of sp³-hybridized carbons (Fsp3) is 0.262. The first-order chi connectivity index (χ1) is 24.9. The van der Waals surface area contributed by atoms with E-state index in [9.17, 15) is 4.79 Å². The number of hydrogen-bond donors (Lipinski definition) is 0. The number of aryl methyl sites for hydroxylation is 2. The van der Waals surface area contributed by atoms with Gasteiger partial charge in [0.25, 0.3) is 0 Å². The van der Waals surface area contributed by atoms with Crippen LogP contribution < -0.4 is 9.47 Å². The number of nitrogens with zero attached hydrogens (tertiary/aromatic N) is 4. The summed E-state index contributed by atoms with van der Waals surface area (Å²) in [5.41, 5.74) is 8.58. The highest BCUT2D eigenvalue weighted by atomic mass is 35.5. The largest absolute Gasteiger partial charge is 0.487 e. The molecule has 3 aromatic carbocycles. The highest BCUT2D eigenvalue weighted by Crippen LogP contribution is 2.33. The number of ether oxygens (including phenoxy) is 3. The van der Waals surface area contributed by atoms with Gasteiger partial charge in [0, 0.05) is 68.0 Å². The lowest BCUT2D eigenvalue weighted by molar-refractivity contribution is -0.104. The molecule has 5 aromatic rings. The molecule has 0 spiro atoms. The van der Waals surface area contributed by atoms with Crippen LogP contribution in [0.1, 0.15) is 38.9 Å². The molecule has 0 bridgehead atoms. The molecular weight excluding hydrogens is 660 g/mol. The van der Waals surface area contributed by atoms with Crippen LogP contribution in [0.3, 0.4) is 0 Å². The van der Waals surface area contributed by atoms with E-state index in [0.29, 0.717) is 31.5 Å². The van der Waals surface area contributed by atoms with Crippen LogP contribution in [-0.4, -0.2) is 58.8 Å². The van der Waals surface area contributed by atoms with Gasteiger partial charge in [-0.15, -0.1) is 0 Å². The first-order valence-electron chi connectivity index (χ1n) is 17.2. The Hall–Kier alpha value is -5.02. The minimum Gasteiger partial charge on any atom is -0.487 e. The SMILES string of the molecule is Cc1cc(/C(=C/C=O)N2CCN(Cc3ccc(CCOCc4ccc(Cl)cc4)cc3)CC2)cc(C)c1Oc1ccc(OCc2ccncc2)cn1. The summed E-state index contributed by atoms with van der Waals surface area (Å²) in [6, 6.07) is 28.3. The number of piperazine rings is 1. The van der Waals surface area contributed by atoms with Crippen LogP contribution in [0, 0.1) is 13.8 Å². The fourth-order valence-corrected chi connectivity index (χ4v) is 6.27. The molecule has 51 heavy (non-hydrogen) atoms. The lowest BCUT2D eigenvalue weighted by atomic mass is 10.0. The molecule has 0 amide bonds. The summed E-state index contributed by atoms with van der Waals surface area (Å²) in [7, 11) is 0. The molecule has 0 saturated carbocycles. The minimum atomic E-state index is 0.439. The monoisotopic (exact) mass is 702 g/mol. The second kappa shape index (κ2) is 17.8. The molecule has 3 heterocycles. The van der Waals surface area contributed by atoms with Crippen LogP contribution in [0.25, 0.3) is 5.70 Å². The molecule has 9 heteroatoms. The Kier molecular flexibility index (Phi) is 12.5. The summed E-state index contributed by atoms with van der Waals surface area (Å²) in [5.74, 6) is 1.90. The van der Waals surface area contributed by atoms with E-state index in [4.69, 9.17) is 25.8 Å². The van der Waals surface area contributed by atoms with Gasteiger partial charge in [0.2, 0.25) is 5.88 Å². The van der Waals surface area contributed by atoms with Gasteiger partial charge in [0.05, 0.1) is 19.4 Å². The first-order valence-corrected chi connectivity index (χ1v) is 17.6. The number of hydrogen-bond acceptors (Lipinski definition) is 8. The Balaban J connectivity index is 0.985. The van der Waals surface area contributed by atoms with E-state index in [1.165, 1.54) is 11.1 Å². The third kappa shape index (κ3) is 10.3. The maximum atomic E-state index is 11.8. The minimum absolute atomic E-state index is 0.439. The van der Waals surface area contributed by atoms with Crippen molar-refractivity contribution in [1.29, 1.82) is 0 Å². The van der Waals surface area contributed by atoms with E-state index in [1.807, 2.05) is 56.3 Å². The third-order valence-corrected chi connectivity index (χ3v) is 9.16. The van der Waals surface area contributed by atoms with Gasteiger partial charge in [0.1, 0.15) is 24.4 Å². The average molecular weight is 703 g/mol. The molecule has 0 radical (unpaired) electrons. The molecular formula is C42H43ClN4O4. The second-order valence-electron chi connectivity index (χ2n) is 12.7. The predicted octanol–water partition coefficient (Wildman–Crippen LogP) is 8.24. The number of aldehydes is 1. The molecule has 262 valence electrons. The zero-order valence-electron chi connectivity index (χ0n) is 29.1. The summed E-state index contributed by atoms with van der Waals surface area (Å²) >= 11 is 5.96. The number of carbonyl (C=O) groups is 1. The number of pyridine rings is 2. The van der Waals surface area contributed by atoms with Crippen LogP contribution in [0.2, 0.25) is 5.02 Å². The molecule has 6 rings (SSSR count). The number of carbonyl (C=O) groups excluding carboxylic acids is 1. The summed E-state index contributed by atoms with van der Waals surface area (Å²) in [4.78, 5) is 25.0. The Bertz CT molecular complexity index is 1870. The Morgan fingerprint density at radius 1 is 0.804 bits per heavy atom. The fourth-order valence-electron chi connectivity index (χ4n) is 6.15. The van der Waals surface area contributed by atoms with Crippen molar-refractivity contribution in [3.8, 4) is 17.4 Å². The van der Waals surface area contributed by atoms with Gasteiger partial charge in [-0.2, -0.15) is 0 Å². The summed E-state index contributed by atoms with van der Waals surface area (Å²) in [6.45, 7) is 10.1. The molecule has 1 saturated heterocycles. The number of allylic oxidation sites excluding steroid dienone is 1. The van der Waals surface area contributed by atoms with Crippen molar-refractivity contribution in [3.63, 3.8) is 0 Å². The van der Waals surface area contributed by atoms with Gasteiger partial charge in [-0.05, 0) is 102 Å². The average Bonchev–Trinajstić information content (AvgIpc) is 3.15. The van der Waals surface area contributed by atoms with Crippen molar-refractivity contribution >= 4 is 23.6 Å². The second-order valence-corrected chi connectivity index (χ2v) is 13.2. The van der Waals surface area contributed by atoms with E-state index in [2.05, 4.69) is 56.2 Å². The van der Waals surface area contributed by atoms with Crippen molar-refractivity contribution in [2.45, 2.75) is 40.0 Å². The van der Waals surface area contributed by atoms with E-state index < -0.39 is 0 Å². The quantitative estimate of drug-likeness (QED) is 0.0614.